The molecule has 2 aromatic rings. The lowest BCUT2D eigenvalue weighted by atomic mass is 10.1. The molecule has 3 nitrogen and oxygen atoms in total. The zero-order valence-electron chi connectivity index (χ0n) is 10.9. The smallest absolute Gasteiger partial charge is 0.259 e. The van der Waals surface area contributed by atoms with Crippen LogP contribution in [0, 0.1) is 11.6 Å². The summed E-state index contributed by atoms with van der Waals surface area (Å²) in [5.41, 5.74) is 7.14. The van der Waals surface area contributed by atoms with Gasteiger partial charge in [0.2, 0.25) is 0 Å². The second-order valence-corrected chi connectivity index (χ2v) is 5.69. The fraction of sp³-hybridized carbons (Fsp3) is 0.133. The van der Waals surface area contributed by atoms with Crippen LogP contribution in [0.25, 0.3) is 0 Å². The van der Waals surface area contributed by atoms with Crippen LogP contribution in [0.5, 0.6) is 0 Å². The van der Waals surface area contributed by atoms with Crippen molar-refractivity contribution in [3.05, 3.63) is 57.6 Å². The first kappa shape index (κ1) is 14.0. The molecule has 1 amide bonds. The van der Waals surface area contributed by atoms with Gasteiger partial charge in [-0.1, -0.05) is 6.07 Å². The normalized spacial score (nSPS) is 13.4. The molecule has 1 aliphatic heterocycles. The van der Waals surface area contributed by atoms with Crippen molar-refractivity contribution in [3.8, 4) is 0 Å². The van der Waals surface area contributed by atoms with Gasteiger partial charge in [0.1, 0.15) is 11.6 Å². The van der Waals surface area contributed by atoms with Crippen molar-refractivity contribution in [1.82, 2.24) is 0 Å². The Morgan fingerprint density at radius 2 is 2.00 bits per heavy atom. The molecule has 0 atom stereocenters. The zero-order valence-corrected chi connectivity index (χ0v) is 12.5. The summed E-state index contributed by atoms with van der Waals surface area (Å²) in [6, 6.07) is 6.83. The molecule has 0 radical (unpaired) electrons. The van der Waals surface area contributed by atoms with Gasteiger partial charge in [0, 0.05) is 11.0 Å². The fourth-order valence-electron chi connectivity index (χ4n) is 2.44. The van der Waals surface area contributed by atoms with Gasteiger partial charge in [0.15, 0.2) is 0 Å². The van der Waals surface area contributed by atoms with Gasteiger partial charge >= 0.3 is 0 Å². The summed E-state index contributed by atoms with van der Waals surface area (Å²) in [6.45, 7) is 0.460. The van der Waals surface area contributed by atoms with Crippen molar-refractivity contribution in [2.75, 3.05) is 17.2 Å². The fourth-order valence-corrected chi connectivity index (χ4v) is 2.92. The van der Waals surface area contributed by atoms with E-state index < -0.39 is 11.6 Å². The van der Waals surface area contributed by atoms with Crippen molar-refractivity contribution >= 4 is 33.2 Å². The average molecular weight is 353 g/mol. The molecule has 2 aromatic carbocycles. The molecule has 6 heteroatoms. The molecule has 0 unspecified atom stereocenters. The molecular formula is C15H11BrF2N2O. The van der Waals surface area contributed by atoms with Gasteiger partial charge in [0.25, 0.3) is 5.91 Å². The van der Waals surface area contributed by atoms with Gasteiger partial charge in [-0.05, 0) is 52.2 Å². The Bertz CT molecular complexity index is 749. The Morgan fingerprint density at radius 1 is 1.24 bits per heavy atom. The Hall–Kier alpha value is -1.95. The molecule has 0 aliphatic carbocycles. The lowest BCUT2D eigenvalue weighted by molar-refractivity contribution is 0.0988. The second kappa shape index (κ2) is 5.11. The Balaban J connectivity index is 2.02. The number of fused-ring (bicyclic) bond motifs is 1. The number of anilines is 2. The largest absolute Gasteiger partial charge is 0.396 e. The number of amides is 1. The van der Waals surface area contributed by atoms with E-state index in [2.05, 4.69) is 15.9 Å². The lowest BCUT2D eigenvalue weighted by Crippen LogP contribution is -2.29. The van der Waals surface area contributed by atoms with Gasteiger partial charge in [-0.15, -0.1) is 0 Å². The van der Waals surface area contributed by atoms with Crippen molar-refractivity contribution in [3.63, 3.8) is 0 Å². The third-order valence-corrected chi connectivity index (χ3v) is 4.16. The summed E-state index contributed by atoms with van der Waals surface area (Å²) in [4.78, 5) is 14.1. The van der Waals surface area contributed by atoms with E-state index in [1.807, 2.05) is 0 Å². The molecule has 3 rings (SSSR count). The molecule has 0 fully saturated rings. The van der Waals surface area contributed by atoms with Crippen molar-refractivity contribution in [2.45, 2.75) is 6.42 Å². The summed E-state index contributed by atoms with van der Waals surface area (Å²) >= 11 is 3.17. The molecule has 0 aromatic heterocycles. The summed E-state index contributed by atoms with van der Waals surface area (Å²) in [5.74, 6) is -1.32. The quantitative estimate of drug-likeness (QED) is 0.798. The minimum absolute atomic E-state index is 0.0970. The van der Waals surface area contributed by atoms with Gasteiger partial charge in [0.05, 0.1) is 16.9 Å². The molecule has 1 aliphatic rings. The van der Waals surface area contributed by atoms with Crippen LogP contribution in [0.1, 0.15) is 15.9 Å². The van der Waals surface area contributed by atoms with Crippen molar-refractivity contribution in [2.24, 2.45) is 0 Å². The van der Waals surface area contributed by atoms with E-state index in [9.17, 15) is 13.6 Å². The summed E-state index contributed by atoms with van der Waals surface area (Å²) < 4.78 is 27.1. The highest BCUT2D eigenvalue weighted by Gasteiger charge is 2.27. The number of halogens is 3. The molecular weight excluding hydrogens is 342 g/mol. The molecule has 0 saturated heterocycles. The molecule has 2 N–H and O–H groups in total. The second-order valence-electron chi connectivity index (χ2n) is 4.83. The molecule has 0 bridgehead atoms. The van der Waals surface area contributed by atoms with Crippen LogP contribution in [0.4, 0.5) is 20.2 Å². The number of hydrogen-bond acceptors (Lipinski definition) is 2. The van der Waals surface area contributed by atoms with Gasteiger partial charge in [-0.25, -0.2) is 8.78 Å². The third kappa shape index (κ3) is 2.40. The van der Waals surface area contributed by atoms with E-state index in [4.69, 9.17) is 5.73 Å². The molecule has 0 saturated carbocycles. The molecule has 108 valence electrons. The average Bonchev–Trinajstić information content (AvgIpc) is 2.85. The zero-order chi connectivity index (χ0) is 15.1. The number of benzene rings is 2. The van der Waals surface area contributed by atoms with Gasteiger partial charge in [-0.3, -0.25) is 4.79 Å². The Kier molecular flexibility index (Phi) is 3.41. The summed E-state index contributed by atoms with van der Waals surface area (Å²) in [5, 5.41) is 0. The van der Waals surface area contributed by atoms with Crippen molar-refractivity contribution in [1.29, 1.82) is 0 Å². The third-order valence-electron chi connectivity index (χ3n) is 3.50. The van der Waals surface area contributed by atoms with Crippen LogP contribution < -0.4 is 10.6 Å². The number of carbonyl (C=O) groups excluding carboxylic acids is 1. The standard InChI is InChI=1S/C15H11BrF2N2O/c16-11-7-12(18)13(19)6-10(11)15(21)20-4-3-8-1-2-9(17)5-14(8)20/h1-2,5-7H,3-4,19H2. The minimum atomic E-state index is -0.591. The van der Waals surface area contributed by atoms with Crippen molar-refractivity contribution < 1.29 is 13.6 Å². The highest BCUT2D eigenvalue weighted by Crippen LogP contribution is 2.32. The van der Waals surface area contributed by atoms with E-state index >= 15 is 0 Å². The van der Waals surface area contributed by atoms with Gasteiger partial charge < -0.3 is 10.6 Å². The van der Waals surface area contributed by atoms with E-state index in [-0.39, 0.29) is 17.2 Å². The van der Waals surface area contributed by atoms with E-state index in [0.717, 1.165) is 11.6 Å². The Morgan fingerprint density at radius 3 is 2.76 bits per heavy atom. The highest BCUT2D eigenvalue weighted by atomic mass is 79.9. The van der Waals surface area contributed by atoms with Crippen LogP contribution in [-0.4, -0.2) is 12.5 Å². The van der Waals surface area contributed by atoms with Crippen LogP contribution in [-0.2, 0) is 6.42 Å². The molecule has 0 spiro atoms. The van der Waals surface area contributed by atoms with Crippen LogP contribution in [0.2, 0.25) is 0 Å². The predicted octanol–water partition coefficient (Wildman–Crippen LogP) is 3.51. The number of hydrogen-bond donors (Lipinski definition) is 1. The van der Waals surface area contributed by atoms with E-state index in [1.54, 1.807) is 6.07 Å². The number of nitrogen functional groups attached to an aromatic ring is 1. The SMILES string of the molecule is Nc1cc(C(=O)N2CCc3ccc(F)cc32)c(Br)cc1F. The molecule has 1 heterocycles. The number of carbonyl (C=O) groups is 1. The van der Waals surface area contributed by atoms with E-state index in [1.165, 1.54) is 23.1 Å². The predicted molar refractivity (Wildman–Crippen MR) is 80.3 cm³/mol. The van der Waals surface area contributed by atoms with Crippen LogP contribution >= 0.6 is 15.9 Å². The highest BCUT2D eigenvalue weighted by molar-refractivity contribution is 9.10. The van der Waals surface area contributed by atoms with Crippen LogP contribution in [0.15, 0.2) is 34.8 Å². The minimum Gasteiger partial charge on any atom is -0.396 e. The van der Waals surface area contributed by atoms with E-state index in [0.29, 0.717) is 23.1 Å². The number of nitrogens with zero attached hydrogens (tertiary/aromatic N) is 1. The number of nitrogens with two attached hydrogens (primary N) is 1. The van der Waals surface area contributed by atoms with Gasteiger partial charge in [-0.2, -0.15) is 0 Å². The summed E-state index contributed by atoms with van der Waals surface area (Å²) in [6.07, 6.45) is 0.662. The first-order valence-corrected chi connectivity index (χ1v) is 7.11. The first-order valence-electron chi connectivity index (χ1n) is 6.32. The Labute approximate surface area is 128 Å². The maximum atomic E-state index is 13.4. The number of rotatable bonds is 1. The lowest BCUT2D eigenvalue weighted by Gasteiger charge is -2.18. The monoisotopic (exact) mass is 352 g/mol. The maximum absolute atomic E-state index is 13.4. The summed E-state index contributed by atoms with van der Waals surface area (Å²) in [7, 11) is 0. The molecule has 21 heavy (non-hydrogen) atoms. The topological polar surface area (TPSA) is 46.3 Å². The van der Waals surface area contributed by atoms with Crippen LogP contribution in [0.3, 0.4) is 0 Å². The first-order chi connectivity index (χ1) is 9.97. The maximum Gasteiger partial charge on any atom is 0.259 e.